The molecule has 1 aliphatic heterocycles. The lowest BCUT2D eigenvalue weighted by Gasteiger charge is -2.26. The molecule has 2 aromatic rings. The minimum Gasteiger partial charge on any atom is -0.478 e. The molecule has 1 aliphatic rings. The monoisotopic (exact) mass is 267 g/mol. The molecule has 0 spiro atoms. The molecule has 0 amide bonds. The lowest BCUT2D eigenvalue weighted by atomic mass is 10.0. The summed E-state index contributed by atoms with van der Waals surface area (Å²) in [6.07, 6.45) is 0.232. The third-order valence-corrected chi connectivity index (χ3v) is 3.24. The van der Waals surface area contributed by atoms with E-state index in [0.29, 0.717) is 23.4 Å². The zero-order valence-electron chi connectivity index (χ0n) is 10.7. The Kier molecular flexibility index (Phi) is 3.21. The lowest BCUT2D eigenvalue weighted by Crippen LogP contribution is -2.37. The molecule has 1 heterocycles. The molecule has 0 fully saturated rings. The van der Waals surface area contributed by atoms with Crippen molar-refractivity contribution in [2.45, 2.75) is 6.10 Å². The van der Waals surface area contributed by atoms with Gasteiger partial charge in [-0.3, -0.25) is 9.59 Å². The molecule has 4 nitrogen and oxygen atoms in total. The van der Waals surface area contributed by atoms with E-state index in [2.05, 4.69) is 5.32 Å². The molecular weight excluding hydrogens is 254 g/mol. The third kappa shape index (κ3) is 2.28. The number of carbonyl (C=O) groups is 2. The second kappa shape index (κ2) is 5.17. The molecule has 0 saturated heterocycles. The smallest absolute Gasteiger partial charge is 0.205 e. The number of nitrogens with one attached hydrogen (secondary N) is 1. The molecular formula is C16H13NO3. The van der Waals surface area contributed by atoms with Crippen LogP contribution in [0.2, 0.25) is 0 Å². The van der Waals surface area contributed by atoms with Crippen LogP contribution in [0, 0.1) is 0 Å². The normalized spacial score (nSPS) is 16.5. The number of anilines is 1. The number of hydrogen-bond donors (Lipinski definition) is 1. The van der Waals surface area contributed by atoms with Gasteiger partial charge in [0, 0.05) is 11.1 Å². The molecule has 0 saturated carbocycles. The maximum Gasteiger partial charge on any atom is 0.205 e. The lowest BCUT2D eigenvalue weighted by molar-refractivity contribution is 0.0801. The third-order valence-electron chi connectivity index (χ3n) is 3.24. The first kappa shape index (κ1) is 12.4. The van der Waals surface area contributed by atoms with E-state index in [9.17, 15) is 9.59 Å². The summed E-state index contributed by atoms with van der Waals surface area (Å²) in [6.45, 7) is 0.392. The molecule has 1 N–H and O–H groups in total. The summed E-state index contributed by atoms with van der Waals surface area (Å²) in [5.41, 5.74) is 1.95. The van der Waals surface area contributed by atoms with E-state index >= 15 is 0 Å². The highest BCUT2D eigenvalue weighted by atomic mass is 16.5. The molecule has 20 heavy (non-hydrogen) atoms. The van der Waals surface area contributed by atoms with Gasteiger partial charge < -0.3 is 10.1 Å². The van der Waals surface area contributed by atoms with Crippen molar-refractivity contribution in [2.24, 2.45) is 0 Å². The summed E-state index contributed by atoms with van der Waals surface area (Å²) >= 11 is 0. The van der Waals surface area contributed by atoms with Crippen molar-refractivity contribution in [1.82, 2.24) is 0 Å². The number of ether oxygens (including phenoxy) is 1. The number of rotatable bonds is 3. The summed E-state index contributed by atoms with van der Waals surface area (Å²) < 4.78 is 5.72. The quantitative estimate of drug-likeness (QED) is 0.686. The molecule has 0 aliphatic carbocycles. The minimum absolute atomic E-state index is 0.0526. The second-order valence-electron chi connectivity index (χ2n) is 4.59. The summed E-state index contributed by atoms with van der Waals surface area (Å²) in [7, 11) is 0. The van der Waals surface area contributed by atoms with Crippen molar-refractivity contribution in [3.05, 3.63) is 59.7 Å². The number of fused-ring (bicyclic) bond motifs is 1. The maximum atomic E-state index is 12.3. The van der Waals surface area contributed by atoms with E-state index in [-0.39, 0.29) is 5.78 Å². The Morgan fingerprint density at radius 3 is 2.75 bits per heavy atom. The van der Waals surface area contributed by atoms with Crippen LogP contribution in [0.1, 0.15) is 20.7 Å². The van der Waals surface area contributed by atoms with Crippen LogP contribution in [0.4, 0.5) is 5.69 Å². The Morgan fingerprint density at radius 1 is 1.20 bits per heavy atom. The Bertz CT molecular complexity index is 652. The number of ketones is 1. The first-order valence-corrected chi connectivity index (χ1v) is 6.37. The highest BCUT2D eigenvalue weighted by molar-refractivity contribution is 6.00. The van der Waals surface area contributed by atoms with E-state index in [1.165, 1.54) is 0 Å². The summed E-state index contributed by atoms with van der Waals surface area (Å²) in [6, 6.07) is 14.2. The van der Waals surface area contributed by atoms with Gasteiger partial charge in [0.2, 0.25) is 5.78 Å². The fourth-order valence-corrected chi connectivity index (χ4v) is 2.19. The molecule has 100 valence electrons. The molecule has 1 unspecified atom stereocenters. The van der Waals surface area contributed by atoms with Gasteiger partial charge in [-0.1, -0.05) is 30.3 Å². The van der Waals surface area contributed by atoms with E-state index < -0.39 is 6.10 Å². The van der Waals surface area contributed by atoms with Crippen molar-refractivity contribution in [1.29, 1.82) is 0 Å². The molecule has 0 aromatic heterocycles. The van der Waals surface area contributed by atoms with Gasteiger partial charge >= 0.3 is 0 Å². The standard InChI is InChI=1S/C16H13NO3/c18-10-11-6-7-14-13(8-11)17-9-15(20-14)16(19)12-4-2-1-3-5-12/h1-8,10,15,17H,9H2. The number of carbonyl (C=O) groups excluding carboxylic acids is 2. The van der Waals surface area contributed by atoms with Gasteiger partial charge in [0.25, 0.3) is 0 Å². The molecule has 0 bridgehead atoms. The molecule has 3 rings (SSSR count). The minimum atomic E-state index is -0.549. The van der Waals surface area contributed by atoms with Gasteiger partial charge in [0.15, 0.2) is 6.10 Å². The predicted octanol–water partition coefficient (Wildman–Crippen LogP) is 2.55. The summed E-state index contributed by atoms with van der Waals surface area (Å²) in [4.78, 5) is 23.0. The van der Waals surface area contributed by atoms with Crippen molar-refractivity contribution in [2.75, 3.05) is 11.9 Å². The van der Waals surface area contributed by atoms with Gasteiger partial charge in [0.05, 0.1) is 12.2 Å². The van der Waals surface area contributed by atoms with E-state index in [1.54, 1.807) is 30.3 Å². The topological polar surface area (TPSA) is 55.4 Å². The Hall–Kier alpha value is -2.62. The van der Waals surface area contributed by atoms with E-state index in [1.807, 2.05) is 18.2 Å². The van der Waals surface area contributed by atoms with E-state index in [4.69, 9.17) is 4.74 Å². The summed E-state index contributed by atoms with van der Waals surface area (Å²) in [5.74, 6) is 0.541. The number of Topliss-reactive ketones (excluding diaryl/α,β-unsaturated/α-hetero) is 1. The highest BCUT2D eigenvalue weighted by Gasteiger charge is 2.26. The van der Waals surface area contributed by atoms with Crippen LogP contribution in [0.5, 0.6) is 5.75 Å². The van der Waals surface area contributed by atoms with Crippen molar-refractivity contribution in [3.8, 4) is 5.75 Å². The Balaban J connectivity index is 1.82. The molecule has 1 atom stereocenters. The first-order chi connectivity index (χ1) is 9.78. The fourth-order valence-electron chi connectivity index (χ4n) is 2.19. The summed E-state index contributed by atoms with van der Waals surface area (Å²) in [5, 5.41) is 3.13. The average molecular weight is 267 g/mol. The van der Waals surface area contributed by atoms with Crippen LogP contribution in [0.15, 0.2) is 48.5 Å². The SMILES string of the molecule is O=Cc1ccc2c(c1)NCC(C(=O)c1ccccc1)O2. The molecule has 0 radical (unpaired) electrons. The van der Waals surface area contributed by atoms with Crippen LogP contribution in [0.25, 0.3) is 0 Å². The van der Waals surface area contributed by atoms with E-state index in [0.717, 1.165) is 12.0 Å². The molecule has 4 heteroatoms. The van der Waals surface area contributed by atoms with Gasteiger partial charge in [-0.25, -0.2) is 0 Å². The van der Waals surface area contributed by atoms with Crippen LogP contribution in [-0.2, 0) is 0 Å². The largest absolute Gasteiger partial charge is 0.478 e. The average Bonchev–Trinajstić information content (AvgIpc) is 2.54. The van der Waals surface area contributed by atoms with Crippen LogP contribution >= 0.6 is 0 Å². The fraction of sp³-hybridized carbons (Fsp3) is 0.125. The van der Waals surface area contributed by atoms with Gasteiger partial charge in [-0.05, 0) is 18.2 Å². The Labute approximate surface area is 116 Å². The highest BCUT2D eigenvalue weighted by Crippen LogP contribution is 2.30. The predicted molar refractivity (Wildman–Crippen MR) is 75.5 cm³/mol. The van der Waals surface area contributed by atoms with Crippen LogP contribution in [0.3, 0.4) is 0 Å². The second-order valence-corrected chi connectivity index (χ2v) is 4.59. The van der Waals surface area contributed by atoms with Crippen molar-refractivity contribution < 1.29 is 14.3 Å². The van der Waals surface area contributed by atoms with Gasteiger partial charge in [-0.15, -0.1) is 0 Å². The number of benzene rings is 2. The maximum absolute atomic E-state index is 12.3. The van der Waals surface area contributed by atoms with Gasteiger partial charge in [0.1, 0.15) is 12.0 Å². The molecule has 2 aromatic carbocycles. The van der Waals surface area contributed by atoms with Crippen LogP contribution in [-0.4, -0.2) is 24.7 Å². The Morgan fingerprint density at radius 2 is 2.00 bits per heavy atom. The van der Waals surface area contributed by atoms with Crippen molar-refractivity contribution in [3.63, 3.8) is 0 Å². The van der Waals surface area contributed by atoms with Gasteiger partial charge in [-0.2, -0.15) is 0 Å². The van der Waals surface area contributed by atoms with Crippen molar-refractivity contribution >= 4 is 17.8 Å². The number of aldehydes is 1. The van der Waals surface area contributed by atoms with Crippen LogP contribution < -0.4 is 10.1 Å². The first-order valence-electron chi connectivity index (χ1n) is 6.37. The zero-order valence-corrected chi connectivity index (χ0v) is 10.7. The number of hydrogen-bond acceptors (Lipinski definition) is 4. The zero-order chi connectivity index (χ0) is 13.9.